The van der Waals surface area contributed by atoms with Crippen LogP contribution in [0.1, 0.15) is 6.92 Å². The number of methoxy groups -OCH3 is 1. The average Bonchev–Trinajstić information content (AvgIpc) is 2.55. The van der Waals surface area contributed by atoms with Crippen molar-refractivity contribution in [3.8, 4) is 5.75 Å². The minimum absolute atomic E-state index is 0.167. The van der Waals surface area contributed by atoms with Gasteiger partial charge in [-0.1, -0.05) is 17.7 Å². The minimum atomic E-state index is -0.407. The van der Waals surface area contributed by atoms with Crippen molar-refractivity contribution in [3.05, 3.63) is 47.5 Å². The van der Waals surface area contributed by atoms with Crippen LogP contribution in [0.4, 0.5) is 11.4 Å². The molecule has 0 aromatic heterocycles. The van der Waals surface area contributed by atoms with Crippen molar-refractivity contribution in [2.45, 2.75) is 17.9 Å². The summed E-state index contributed by atoms with van der Waals surface area (Å²) in [5.41, 5.74) is 1.45. The molecule has 0 heterocycles. The van der Waals surface area contributed by atoms with Gasteiger partial charge in [-0.15, -0.1) is 11.8 Å². The van der Waals surface area contributed by atoms with Crippen molar-refractivity contribution in [1.82, 2.24) is 0 Å². The van der Waals surface area contributed by atoms with Crippen molar-refractivity contribution in [1.29, 1.82) is 0 Å². The van der Waals surface area contributed by atoms with Gasteiger partial charge in [-0.05, 0) is 49.6 Å². The van der Waals surface area contributed by atoms with Crippen LogP contribution in [0, 0.1) is 0 Å². The first-order valence-corrected chi connectivity index (χ1v) is 8.68. The molecule has 23 heavy (non-hydrogen) atoms. The summed E-state index contributed by atoms with van der Waals surface area (Å²) >= 11 is 7.63. The topological polar surface area (TPSA) is 50.4 Å². The largest absolute Gasteiger partial charge is 0.495 e. The summed E-state index contributed by atoms with van der Waals surface area (Å²) in [7, 11) is 1.55. The molecular weight excluding hydrogens is 332 g/mol. The van der Waals surface area contributed by atoms with Crippen molar-refractivity contribution in [2.75, 3.05) is 24.0 Å². The lowest BCUT2D eigenvalue weighted by Gasteiger charge is -2.17. The Kier molecular flexibility index (Phi) is 6.19. The number of carbonyl (C=O) groups is 1. The molecule has 122 valence electrons. The fourth-order valence-electron chi connectivity index (χ4n) is 2.05. The zero-order valence-corrected chi connectivity index (χ0v) is 14.8. The van der Waals surface area contributed by atoms with Crippen LogP contribution in [0.25, 0.3) is 0 Å². The van der Waals surface area contributed by atoms with E-state index < -0.39 is 6.04 Å². The van der Waals surface area contributed by atoms with Crippen LogP contribution in [0.15, 0.2) is 47.4 Å². The van der Waals surface area contributed by atoms with Gasteiger partial charge in [0.25, 0.3) is 0 Å². The maximum atomic E-state index is 12.4. The zero-order chi connectivity index (χ0) is 16.8. The van der Waals surface area contributed by atoms with E-state index in [0.29, 0.717) is 16.5 Å². The lowest BCUT2D eigenvalue weighted by molar-refractivity contribution is -0.116. The zero-order valence-electron chi connectivity index (χ0n) is 13.2. The van der Waals surface area contributed by atoms with Gasteiger partial charge in [-0.25, -0.2) is 0 Å². The monoisotopic (exact) mass is 350 g/mol. The molecule has 0 aliphatic heterocycles. The summed E-state index contributed by atoms with van der Waals surface area (Å²) in [5, 5.41) is 6.56. The molecule has 1 atom stereocenters. The van der Waals surface area contributed by atoms with Gasteiger partial charge < -0.3 is 15.4 Å². The molecule has 0 aliphatic carbocycles. The van der Waals surface area contributed by atoms with Gasteiger partial charge in [0.1, 0.15) is 11.8 Å². The number of anilines is 2. The lowest BCUT2D eigenvalue weighted by atomic mass is 10.2. The highest BCUT2D eigenvalue weighted by atomic mass is 35.5. The average molecular weight is 351 g/mol. The van der Waals surface area contributed by atoms with Crippen LogP contribution in [-0.2, 0) is 4.79 Å². The molecule has 2 aromatic carbocycles. The molecule has 6 heteroatoms. The summed E-state index contributed by atoms with van der Waals surface area (Å²) < 4.78 is 5.23. The van der Waals surface area contributed by atoms with E-state index in [-0.39, 0.29) is 5.91 Å². The van der Waals surface area contributed by atoms with Gasteiger partial charge in [-0.3, -0.25) is 4.79 Å². The Bertz CT molecular complexity index is 694. The number of nitrogens with one attached hydrogen (secondary N) is 2. The predicted molar refractivity (Wildman–Crippen MR) is 97.9 cm³/mol. The Morgan fingerprint density at radius 3 is 2.74 bits per heavy atom. The Hall–Kier alpha value is -1.85. The van der Waals surface area contributed by atoms with Crippen LogP contribution in [-0.4, -0.2) is 25.3 Å². The second-order valence-electron chi connectivity index (χ2n) is 4.93. The van der Waals surface area contributed by atoms with E-state index in [1.165, 1.54) is 0 Å². The van der Waals surface area contributed by atoms with Crippen molar-refractivity contribution < 1.29 is 9.53 Å². The van der Waals surface area contributed by atoms with Gasteiger partial charge in [0.2, 0.25) is 5.91 Å². The van der Waals surface area contributed by atoms with Crippen molar-refractivity contribution in [3.63, 3.8) is 0 Å². The Morgan fingerprint density at radius 2 is 2.04 bits per heavy atom. The molecule has 0 spiro atoms. The van der Waals surface area contributed by atoms with E-state index >= 15 is 0 Å². The molecule has 0 saturated heterocycles. The van der Waals surface area contributed by atoms with Gasteiger partial charge in [0.15, 0.2) is 0 Å². The molecule has 2 aromatic rings. The van der Waals surface area contributed by atoms with Gasteiger partial charge in [-0.2, -0.15) is 0 Å². The standard InChI is InChI=1S/C17H19ClN2O2S/c1-11(19-13-5-4-6-14(10-13)23-3)17(21)20-15-9-12(18)7-8-16(15)22-2/h4-11,19H,1-3H3,(H,20,21)/t11-/m0/s1. The van der Waals surface area contributed by atoms with Crippen LogP contribution in [0.2, 0.25) is 5.02 Å². The first-order chi connectivity index (χ1) is 11.0. The molecule has 0 bridgehead atoms. The lowest BCUT2D eigenvalue weighted by Crippen LogP contribution is -2.32. The third-order valence-corrected chi connectivity index (χ3v) is 4.23. The SMILES string of the molecule is COc1ccc(Cl)cc1NC(=O)[C@H](C)Nc1cccc(SC)c1. The maximum absolute atomic E-state index is 12.4. The van der Waals surface area contributed by atoms with Crippen molar-refractivity contribution in [2.24, 2.45) is 0 Å². The smallest absolute Gasteiger partial charge is 0.246 e. The fraction of sp³-hybridized carbons (Fsp3) is 0.235. The molecular formula is C17H19ClN2O2S. The number of benzene rings is 2. The summed E-state index contributed by atoms with van der Waals surface area (Å²) in [6, 6.07) is 12.6. The van der Waals surface area contributed by atoms with Crippen LogP contribution in [0.5, 0.6) is 5.75 Å². The van der Waals surface area contributed by atoms with Gasteiger partial charge in [0.05, 0.1) is 12.8 Å². The van der Waals surface area contributed by atoms with E-state index in [1.807, 2.05) is 30.5 Å². The first-order valence-electron chi connectivity index (χ1n) is 7.08. The van der Waals surface area contributed by atoms with E-state index in [9.17, 15) is 4.79 Å². The highest BCUT2D eigenvalue weighted by Crippen LogP contribution is 2.28. The van der Waals surface area contributed by atoms with E-state index in [4.69, 9.17) is 16.3 Å². The second-order valence-corrected chi connectivity index (χ2v) is 6.25. The number of rotatable bonds is 6. The number of hydrogen-bond acceptors (Lipinski definition) is 4. The van der Waals surface area contributed by atoms with E-state index in [0.717, 1.165) is 10.6 Å². The quantitative estimate of drug-likeness (QED) is 0.752. The van der Waals surface area contributed by atoms with Gasteiger partial charge >= 0.3 is 0 Å². The van der Waals surface area contributed by atoms with Crippen LogP contribution in [0.3, 0.4) is 0 Å². The fourth-order valence-corrected chi connectivity index (χ4v) is 2.68. The van der Waals surface area contributed by atoms with Crippen LogP contribution >= 0.6 is 23.4 Å². The number of carbonyl (C=O) groups excluding carboxylic acids is 1. The summed E-state index contributed by atoms with van der Waals surface area (Å²) in [4.78, 5) is 13.5. The van der Waals surface area contributed by atoms with Crippen molar-refractivity contribution >= 4 is 40.6 Å². The molecule has 2 N–H and O–H groups in total. The van der Waals surface area contributed by atoms with Gasteiger partial charge in [0, 0.05) is 15.6 Å². The number of halogens is 1. The highest BCUT2D eigenvalue weighted by Gasteiger charge is 2.15. The van der Waals surface area contributed by atoms with E-state index in [1.54, 1.807) is 44.0 Å². The molecule has 0 fully saturated rings. The number of thioether (sulfide) groups is 1. The summed E-state index contributed by atoms with van der Waals surface area (Å²) in [5.74, 6) is 0.402. The normalized spacial score (nSPS) is 11.7. The number of ether oxygens (including phenoxy) is 1. The predicted octanol–water partition coefficient (Wildman–Crippen LogP) is 4.51. The number of amides is 1. The summed E-state index contributed by atoms with van der Waals surface area (Å²) in [6.07, 6.45) is 2.01. The molecule has 0 unspecified atom stereocenters. The molecule has 1 amide bonds. The number of hydrogen-bond donors (Lipinski definition) is 2. The Balaban J connectivity index is 2.06. The Morgan fingerprint density at radius 1 is 1.26 bits per heavy atom. The molecule has 0 radical (unpaired) electrons. The Labute approximate surface area is 145 Å². The van der Waals surface area contributed by atoms with Crippen LogP contribution < -0.4 is 15.4 Å². The summed E-state index contributed by atoms with van der Waals surface area (Å²) in [6.45, 7) is 1.80. The molecule has 0 saturated carbocycles. The second kappa shape index (κ2) is 8.13. The third-order valence-electron chi connectivity index (χ3n) is 3.27. The molecule has 2 rings (SSSR count). The molecule has 0 aliphatic rings. The molecule has 4 nitrogen and oxygen atoms in total. The third kappa shape index (κ3) is 4.81. The minimum Gasteiger partial charge on any atom is -0.495 e. The van der Waals surface area contributed by atoms with E-state index in [2.05, 4.69) is 10.6 Å². The maximum Gasteiger partial charge on any atom is 0.246 e. The highest BCUT2D eigenvalue weighted by molar-refractivity contribution is 7.98. The first kappa shape index (κ1) is 17.5.